The number of rotatable bonds is 4. The zero-order chi connectivity index (χ0) is 12.3. The fourth-order valence-electron chi connectivity index (χ4n) is 1.99. The summed E-state index contributed by atoms with van der Waals surface area (Å²) in [5.74, 6) is 0.946. The molecular weight excluding hydrogens is 212 g/mol. The lowest BCUT2D eigenvalue weighted by atomic mass is 9.94. The molecule has 0 aliphatic carbocycles. The highest BCUT2D eigenvalue weighted by atomic mass is 15.6. The Labute approximate surface area is 102 Å². The van der Waals surface area contributed by atoms with Crippen LogP contribution in [-0.2, 0) is 12.0 Å². The highest BCUT2D eigenvalue weighted by Crippen LogP contribution is 2.25. The van der Waals surface area contributed by atoms with Crippen LogP contribution in [0.3, 0.4) is 0 Å². The number of hydrogen-bond acceptors (Lipinski definition) is 3. The first-order valence-electron chi connectivity index (χ1n) is 5.99. The predicted molar refractivity (Wildman–Crippen MR) is 66.7 cm³/mol. The fourth-order valence-corrected chi connectivity index (χ4v) is 1.99. The summed E-state index contributed by atoms with van der Waals surface area (Å²) >= 11 is 0. The fraction of sp³-hybridized carbons (Fsp3) is 0.462. The molecule has 0 saturated heterocycles. The van der Waals surface area contributed by atoms with Crippen LogP contribution in [0.2, 0.25) is 0 Å². The second-order valence-electron chi connectivity index (χ2n) is 4.68. The molecule has 0 atom stereocenters. The molecule has 2 rings (SSSR count). The summed E-state index contributed by atoms with van der Waals surface area (Å²) < 4.78 is 1.92. The Morgan fingerprint density at radius 1 is 1.18 bits per heavy atom. The number of tetrazole rings is 1. The second kappa shape index (κ2) is 4.65. The largest absolute Gasteiger partial charge is 0.220 e. The monoisotopic (exact) mass is 230 g/mol. The van der Waals surface area contributed by atoms with E-state index in [2.05, 4.69) is 48.4 Å². The van der Waals surface area contributed by atoms with Gasteiger partial charge < -0.3 is 0 Å². The summed E-state index contributed by atoms with van der Waals surface area (Å²) in [4.78, 5) is 0. The molecule has 90 valence electrons. The summed E-state index contributed by atoms with van der Waals surface area (Å²) in [6.07, 6.45) is 1.95. The molecule has 0 radical (unpaired) electrons. The van der Waals surface area contributed by atoms with E-state index in [1.807, 2.05) is 22.9 Å². The van der Waals surface area contributed by atoms with E-state index in [-0.39, 0.29) is 5.54 Å². The Morgan fingerprint density at radius 3 is 2.53 bits per heavy atom. The third kappa shape index (κ3) is 2.20. The van der Waals surface area contributed by atoms with Gasteiger partial charge in [0.15, 0.2) is 5.82 Å². The Balaban J connectivity index is 2.41. The second-order valence-corrected chi connectivity index (χ2v) is 4.68. The SMILES string of the molecule is CCCc1nnnn1C(C)(C)c1ccccc1. The average Bonchev–Trinajstić information content (AvgIpc) is 2.80. The lowest BCUT2D eigenvalue weighted by molar-refractivity contribution is 0.366. The van der Waals surface area contributed by atoms with Gasteiger partial charge in [0.1, 0.15) is 0 Å². The van der Waals surface area contributed by atoms with E-state index >= 15 is 0 Å². The van der Waals surface area contributed by atoms with Gasteiger partial charge in [-0.15, -0.1) is 5.10 Å². The minimum atomic E-state index is -0.213. The molecule has 0 aliphatic rings. The molecule has 2 aromatic rings. The molecule has 0 amide bonds. The molecule has 0 bridgehead atoms. The van der Waals surface area contributed by atoms with Gasteiger partial charge in [-0.05, 0) is 36.3 Å². The summed E-state index contributed by atoms with van der Waals surface area (Å²) in [6.45, 7) is 6.41. The number of aryl methyl sites for hydroxylation is 1. The quantitative estimate of drug-likeness (QED) is 0.810. The van der Waals surface area contributed by atoms with E-state index in [1.165, 1.54) is 5.56 Å². The zero-order valence-electron chi connectivity index (χ0n) is 10.6. The van der Waals surface area contributed by atoms with E-state index in [4.69, 9.17) is 0 Å². The standard InChI is InChI=1S/C13H18N4/c1-4-8-12-14-15-16-17(12)13(2,3)11-9-6-5-7-10-11/h5-7,9-10H,4,8H2,1-3H3. The van der Waals surface area contributed by atoms with Crippen molar-refractivity contribution in [1.82, 2.24) is 20.2 Å². The van der Waals surface area contributed by atoms with E-state index < -0.39 is 0 Å². The van der Waals surface area contributed by atoms with Gasteiger partial charge in [-0.3, -0.25) is 0 Å². The summed E-state index contributed by atoms with van der Waals surface area (Å²) in [5, 5.41) is 12.0. The van der Waals surface area contributed by atoms with Crippen molar-refractivity contribution in [3.05, 3.63) is 41.7 Å². The number of benzene rings is 1. The zero-order valence-corrected chi connectivity index (χ0v) is 10.6. The average molecular weight is 230 g/mol. The summed E-state index contributed by atoms with van der Waals surface area (Å²) in [5.41, 5.74) is 1.000. The van der Waals surface area contributed by atoms with Gasteiger partial charge in [0, 0.05) is 6.42 Å². The summed E-state index contributed by atoms with van der Waals surface area (Å²) in [6, 6.07) is 10.3. The Hall–Kier alpha value is -1.71. The van der Waals surface area contributed by atoms with Crippen molar-refractivity contribution in [2.45, 2.75) is 39.2 Å². The van der Waals surface area contributed by atoms with Crippen LogP contribution in [0.4, 0.5) is 0 Å². The smallest absolute Gasteiger partial charge is 0.152 e. The van der Waals surface area contributed by atoms with Crippen molar-refractivity contribution < 1.29 is 0 Å². The molecule has 1 aromatic carbocycles. The van der Waals surface area contributed by atoms with Gasteiger partial charge in [0.25, 0.3) is 0 Å². The van der Waals surface area contributed by atoms with Gasteiger partial charge in [0.2, 0.25) is 0 Å². The first-order chi connectivity index (χ1) is 8.16. The number of nitrogens with zero attached hydrogens (tertiary/aromatic N) is 4. The van der Waals surface area contributed by atoms with Gasteiger partial charge >= 0.3 is 0 Å². The van der Waals surface area contributed by atoms with Gasteiger partial charge in [-0.25, -0.2) is 4.68 Å². The van der Waals surface area contributed by atoms with Crippen LogP contribution in [0.5, 0.6) is 0 Å². The van der Waals surface area contributed by atoms with Crippen molar-refractivity contribution in [1.29, 1.82) is 0 Å². The van der Waals surface area contributed by atoms with Crippen molar-refractivity contribution in [2.24, 2.45) is 0 Å². The molecule has 0 fully saturated rings. The first-order valence-corrected chi connectivity index (χ1v) is 5.99. The minimum Gasteiger partial charge on any atom is -0.220 e. The van der Waals surface area contributed by atoms with Crippen LogP contribution in [0.1, 0.15) is 38.6 Å². The van der Waals surface area contributed by atoms with Crippen LogP contribution >= 0.6 is 0 Å². The molecular formula is C13H18N4. The van der Waals surface area contributed by atoms with E-state index in [0.717, 1.165) is 18.7 Å². The van der Waals surface area contributed by atoms with Crippen molar-refractivity contribution >= 4 is 0 Å². The molecule has 1 heterocycles. The third-order valence-electron chi connectivity index (χ3n) is 3.02. The topological polar surface area (TPSA) is 43.6 Å². The van der Waals surface area contributed by atoms with Crippen LogP contribution in [-0.4, -0.2) is 20.2 Å². The van der Waals surface area contributed by atoms with Crippen molar-refractivity contribution in [3.8, 4) is 0 Å². The van der Waals surface area contributed by atoms with Crippen molar-refractivity contribution in [2.75, 3.05) is 0 Å². The Morgan fingerprint density at radius 2 is 1.88 bits per heavy atom. The highest BCUT2D eigenvalue weighted by Gasteiger charge is 2.26. The van der Waals surface area contributed by atoms with Crippen molar-refractivity contribution in [3.63, 3.8) is 0 Å². The predicted octanol–water partition coefficient (Wildman–Crippen LogP) is 2.41. The van der Waals surface area contributed by atoms with Crippen LogP contribution < -0.4 is 0 Å². The van der Waals surface area contributed by atoms with Gasteiger partial charge in [0.05, 0.1) is 5.54 Å². The molecule has 17 heavy (non-hydrogen) atoms. The molecule has 4 nitrogen and oxygen atoms in total. The molecule has 0 spiro atoms. The normalized spacial score (nSPS) is 11.7. The summed E-state index contributed by atoms with van der Waals surface area (Å²) in [7, 11) is 0. The highest BCUT2D eigenvalue weighted by molar-refractivity contribution is 5.23. The van der Waals surface area contributed by atoms with Crippen LogP contribution in [0.15, 0.2) is 30.3 Å². The van der Waals surface area contributed by atoms with E-state index in [9.17, 15) is 0 Å². The maximum Gasteiger partial charge on any atom is 0.152 e. The lowest BCUT2D eigenvalue weighted by Crippen LogP contribution is -2.30. The van der Waals surface area contributed by atoms with Gasteiger partial charge in [-0.2, -0.15) is 0 Å². The van der Waals surface area contributed by atoms with Crippen LogP contribution in [0.25, 0.3) is 0 Å². The molecule has 0 N–H and O–H groups in total. The molecule has 1 aromatic heterocycles. The molecule has 0 aliphatic heterocycles. The van der Waals surface area contributed by atoms with Crippen LogP contribution in [0, 0.1) is 0 Å². The molecule has 0 saturated carbocycles. The van der Waals surface area contributed by atoms with E-state index in [0.29, 0.717) is 0 Å². The minimum absolute atomic E-state index is 0.213. The molecule has 0 unspecified atom stereocenters. The maximum atomic E-state index is 4.14. The Bertz CT molecular complexity index is 473. The Kier molecular flexibility index (Phi) is 3.22. The van der Waals surface area contributed by atoms with E-state index in [1.54, 1.807) is 0 Å². The van der Waals surface area contributed by atoms with Gasteiger partial charge in [-0.1, -0.05) is 37.3 Å². The lowest BCUT2D eigenvalue weighted by Gasteiger charge is -2.26. The third-order valence-corrected chi connectivity index (χ3v) is 3.02. The maximum absolute atomic E-state index is 4.14. The first kappa shape index (κ1) is 11.8. The number of hydrogen-bond donors (Lipinski definition) is 0. The number of aromatic nitrogens is 4. The molecule has 4 heteroatoms.